The van der Waals surface area contributed by atoms with Gasteiger partial charge in [0.2, 0.25) is 0 Å². The number of amides is 1. The predicted octanol–water partition coefficient (Wildman–Crippen LogP) is 3.83. The second-order valence-corrected chi connectivity index (χ2v) is 5.27. The smallest absolute Gasteiger partial charge is 0.412 e. The lowest BCUT2D eigenvalue weighted by atomic mass is 10.2. The fraction of sp³-hybridized carbons (Fsp3) is 0.375. The molecule has 0 radical (unpaired) electrons. The Hall–Kier alpha value is -2.30. The number of rotatable bonds is 4. The summed E-state index contributed by atoms with van der Waals surface area (Å²) in [5.41, 5.74) is 3.40. The van der Waals surface area contributed by atoms with Crippen LogP contribution in [0.3, 0.4) is 0 Å². The number of benzene rings is 1. The summed E-state index contributed by atoms with van der Waals surface area (Å²) < 4.78 is 7.12. The van der Waals surface area contributed by atoms with E-state index in [1.807, 2.05) is 48.9 Å². The number of nitrogens with one attached hydrogen (secondary N) is 1. The van der Waals surface area contributed by atoms with Crippen molar-refractivity contribution in [1.82, 2.24) is 9.78 Å². The molecule has 2 aromatic rings. The van der Waals surface area contributed by atoms with Crippen molar-refractivity contribution in [3.8, 4) is 0 Å². The molecule has 0 fully saturated rings. The topological polar surface area (TPSA) is 56.2 Å². The SMILES string of the molecule is Cc1nn(C(C)C)c(C)c1NC(=O)OCc1ccccc1. The molecule has 2 rings (SSSR count). The van der Waals surface area contributed by atoms with Crippen LogP contribution < -0.4 is 5.32 Å². The van der Waals surface area contributed by atoms with Crippen LogP contribution in [0.5, 0.6) is 0 Å². The van der Waals surface area contributed by atoms with Gasteiger partial charge in [-0.3, -0.25) is 10.00 Å². The second kappa shape index (κ2) is 6.43. The lowest BCUT2D eigenvalue weighted by Gasteiger charge is -2.10. The summed E-state index contributed by atoms with van der Waals surface area (Å²) in [4.78, 5) is 11.9. The quantitative estimate of drug-likeness (QED) is 0.929. The number of hydrogen-bond acceptors (Lipinski definition) is 3. The maximum absolute atomic E-state index is 11.9. The molecule has 112 valence electrons. The van der Waals surface area contributed by atoms with Crippen LogP contribution in [0.2, 0.25) is 0 Å². The van der Waals surface area contributed by atoms with Crippen LogP contribution in [-0.4, -0.2) is 15.9 Å². The summed E-state index contributed by atoms with van der Waals surface area (Å²) >= 11 is 0. The van der Waals surface area contributed by atoms with E-state index in [9.17, 15) is 4.79 Å². The fourth-order valence-electron chi connectivity index (χ4n) is 2.21. The van der Waals surface area contributed by atoms with E-state index in [0.29, 0.717) is 0 Å². The molecule has 5 heteroatoms. The van der Waals surface area contributed by atoms with E-state index in [2.05, 4.69) is 24.3 Å². The number of anilines is 1. The zero-order chi connectivity index (χ0) is 15.4. The highest BCUT2D eigenvalue weighted by Gasteiger charge is 2.16. The summed E-state index contributed by atoms with van der Waals surface area (Å²) in [5, 5.41) is 7.21. The third kappa shape index (κ3) is 3.62. The number of carbonyl (C=O) groups is 1. The van der Waals surface area contributed by atoms with Gasteiger partial charge in [-0.25, -0.2) is 4.79 Å². The number of aromatic nitrogens is 2. The molecule has 0 saturated heterocycles. The Bertz CT molecular complexity index is 618. The number of carbonyl (C=O) groups excluding carboxylic acids is 1. The van der Waals surface area contributed by atoms with Crippen molar-refractivity contribution in [2.24, 2.45) is 0 Å². The Kier molecular flexibility index (Phi) is 4.62. The molecule has 0 spiro atoms. The Morgan fingerprint density at radius 1 is 1.29 bits per heavy atom. The highest BCUT2D eigenvalue weighted by molar-refractivity contribution is 5.86. The van der Waals surface area contributed by atoms with E-state index in [1.54, 1.807) is 0 Å². The minimum Gasteiger partial charge on any atom is -0.444 e. The monoisotopic (exact) mass is 287 g/mol. The van der Waals surface area contributed by atoms with E-state index in [-0.39, 0.29) is 12.6 Å². The van der Waals surface area contributed by atoms with Gasteiger partial charge in [0.25, 0.3) is 0 Å². The molecule has 5 nitrogen and oxygen atoms in total. The van der Waals surface area contributed by atoms with E-state index >= 15 is 0 Å². The molecule has 0 saturated carbocycles. The summed E-state index contributed by atoms with van der Waals surface area (Å²) in [5.74, 6) is 0. The molecule has 0 aliphatic rings. The van der Waals surface area contributed by atoms with Crippen LogP contribution in [0, 0.1) is 13.8 Å². The van der Waals surface area contributed by atoms with Crippen LogP contribution in [-0.2, 0) is 11.3 Å². The third-order valence-corrected chi connectivity index (χ3v) is 3.25. The standard InChI is InChI=1S/C16H21N3O2/c1-11(2)19-13(4)15(12(3)18-19)17-16(20)21-10-14-8-6-5-7-9-14/h5-9,11H,10H2,1-4H3,(H,17,20). The van der Waals surface area contributed by atoms with E-state index < -0.39 is 6.09 Å². The van der Waals surface area contributed by atoms with Crippen LogP contribution in [0.4, 0.5) is 10.5 Å². The molecule has 1 aromatic carbocycles. The molecular weight excluding hydrogens is 266 g/mol. The first-order valence-corrected chi connectivity index (χ1v) is 7.02. The van der Waals surface area contributed by atoms with Gasteiger partial charge in [0.15, 0.2) is 0 Å². The van der Waals surface area contributed by atoms with Crippen molar-refractivity contribution in [2.75, 3.05) is 5.32 Å². The summed E-state index contributed by atoms with van der Waals surface area (Å²) in [6, 6.07) is 9.84. The van der Waals surface area contributed by atoms with Crippen molar-refractivity contribution < 1.29 is 9.53 Å². The third-order valence-electron chi connectivity index (χ3n) is 3.25. The molecule has 1 N–H and O–H groups in total. The maximum Gasteiger partial charge on any atom is 0.412 e. The van der Waals surface area contributed by atoms with Gasteiger partial charge in [0.05, 0.1) is 17.1 Å². The molecule has 21 heavy (non-hydrogen) atoms. The molecule has 0 atom stereocenters. The number of hydrogen-bond donors (Lipinski definition) is 1. The zero-order valence-electron chi connectivity index (χ0n) is 12.9. The van der Waals surface area contributed by atoms with E-state index in [0.717, 1.165) is 22.6 Å². The van der Waals surface area contributed by atoms with Crippen molar-refractivity contribution in [2.45, 2.75) is 40.3 Å². The lowest BCUT2D eigenvalue weighted by Crippen LogP contribution is -2.15. The summed E-state index contributed by atoms with van der Waals surface area (Å²) in [6.45, 7) is 8.17. The first kappa shape index (κ1) is 15.1. The Labute approximate surface area is 124 Å². The Morgan fingerprint density at radius 2 is 1.95 bits per heavy atom. The van der Waals surface area contributed by atoms with Crippen molar-refractivity contribution in [3.05, 3.63) is 47.3 Å². The minimum absolute atomic E-state index is 0.250. The van der Waals surface area contributed by atoms with Gasteiger partial charge >= 0.3 is 6.09 Å². The van der Waals surface area contributed by atoms with Crippen molar-refractivity contribution >= 4 is 11.8 Å². The summed E-state index contributed by atoms with van der Waals surface area (Å²) in [7, 11) is 0. The zero-order valence-corrected chi connectivity index (χ0v) is 12.9. The minimum atomic E-state index is -0.464. The molecule has 1 heterocycles. The van der Waals surface area contributed by atoms with Gasteiger partial charge < -0.3 is 4.74 Å². The van der Waals surface area contributed by atoms with Gasteiger partial charge in [-0.05, 0) is 33.3 Å². The maximum atomic E-state index is 11.9. The van der Waals surface area contributed by atoms with Gasteiger partial charge in [-0.15, -0.1) is 0 Å². The average molecular weight is 287 g/mol. The van der Waals surface area contributed by atoms with Gasteiger partial charge in [0.1, 0.15) is 6.61 Å². The molecule has 0 unspecified atom stereocenters. The van der Waals surface area contributed by atoms with Crippen molar-refractivity contribution in [3.63, 3.8) is 0 Å². The highest BCUT2D eigenvalue weighted by atomic mass is 16.5. The molecule has 1 amide bonds. The lowest BCUT2D eigenvalue weighted by molar-refractivity contribution is 0.155. The largest absolute Gasteiger partial charge is 0.444 e. The van der Waals surface area contributed by atoms with Crippen LogP contribution >= 0.6 is 0 Å². The van der Waals surface area contributed by atoms with Crippen LogP contribution in [0.25, 0.3) is 0 Å². The van der Waals surface area contributed by atoms with Gasteiger partial charge in [-0.1, -0.05) is 30.3 Å². The predicted molar refractivity (Wildman–Crippen MR) is 82.3 cm³/mol. The van der Waals surface area contributed by atoms with E-state index in [1.165, 1.54) is 0 Å². The van der Waals surface area contributed by atoms with Crippen LogP contribution in [0.15, 0.2) is 30.3 Å². The molecule has 0 aliphatic carbocycles. The number of nitrogens with zero attached hydrogens (tertiary/aromatic N) is 2. The normalized spacial score (nSPS) is 10.7. The summed E-state index contributed by atoms with van der Waals surface area (Å²) in [6.07, 6.45) is -0.464. The van der Waals surface area contributed by atoms with Gasteiger partial charge in [-0.2, -0.15) is 5.10 Å². The fourth-order valence-corrected chi connectivity index (χ4v) is 2.21. The molecular formula is C16H21N3O2. The first-order chi connectivity index (χ1) is 9.99. The van der Waals surface area contributed by atoms with E-state index in [4.69, 9.17) is 4.74 Å². The first-order valence-electron chi connectivity index (χ1n) is 7.02. The Morgan fingerprint density at radius 3 is 2.52 bits per heavy atom. The Balaban J connectivity index is 2.00. The second-order valence-electron chi connectivity index (χ2n) is 5.27. The highest BCUT2D eigenvalue weighted by Crippen LogP contribution is 2.22. The molecule has 0 aliphatic heterocycles. The average Bonchev–Trinajstić information content (AvgIpc) is 2.74. The molecule has 1 aromatic heterocycles. The number of ether oxygens (including phenoxy) is 1. The number of aryl methyl sites for hydroxylation is 1. The van der Waals surface area contributed by atoms with Crippen molar-refractivity contribution in [1.29, 1.82) is 0 Å². The molecule has 0 bridgehead atoms. The van der Waals surface area contributed by atoms with Gasteiger partial charge in [0, 0.05) is 6.04 Å². The van der Waals surface area contributed by atoms with Crippen LogP contribution in [0.1, 0.15) is 36.8 Å².